The summed E-state index contributed by atoms with van der Waals surface area (Å²) in [6.07, 6.45) is 1.52. The summed E-state index contributed by atoms with van der Waals surface area (Å²) in [4.78, 5) is 27.6. The van der Waals surface area contributed by atoms with Crippen LogP contribution in [0, 0.1) is 5.92 Å². The number of hydrogen-bond donors (Lipinski definition) is 2. The van der Waals surface area contributed by atoms with E-state index in [0.717, 1.165) is 11.1 Å². The van der Waals surface area contributed by atoms with Crippen molar-refractivity contribution < 1.29 is 19.4 Å². The number of fused-ring (bicyclic) bond motifs is 1. The largest absolute Gasteiger partial charge is 0.394 e. The summed E-state index contributed by atoms with van der Waals surface area (Å²) >= 11 is 0. The second-order valence-electron chi connectivity index (χ2n) is 7.66. The normalized spacial score (nSPS) is 20.2. The van der Waals surface area contributed by atoms with Crippen LogP contribution in [-0.4, -0.2) is 53.2 Å². The lowest BCUT2D eigenvalue weighted by atomic mass is 9.84. The van der Waals surface area contributed by atoms with Gasteiger partial charge in [0.15, 0.2) is 0 Å². The molecule has 1 aromatic rings. The lowest BCUT2D eigenvalue weighted by molar-refractivity contribution is -0.127. The van der Waals surface area contributed by atoms with E-state index in [4.69, 9.17) is 4.74 Å². The van der Waals surface area contributed by atoms with Crippen molar-refractivity contribution in [3.63, 3.8) is 0 Å². The number of rotatable bonds is 6. The summed E-state index contributed by atoms with van der Waals surface area (Å²) in [7, 11) is 0. The average Bonchev–Trinajstić information content (AvgIpc) is 2.98. The van der Waals surface area contributed by atoms with Crippen molar-refractivity contribution in [2.75, 3.05) is 19.8 Å². The zero-order valence-electron chi connectivity index (χ0n) is 15.5. The number of ether oxygens (including phenoxy) is 1. The number of aliphatic hydroxyl groups excluding tert-OH is 1. The van der Waals surface area contributed by atoms with Crippen LogP contribution in [0.2, 0.25) is 0 Å². The van der Waals surface area contributed by atoms with Crippen molar-refractivity contribution in [1.82, 2.24) is 10.2 Å². The maximum atomic E-state index is 13.0. The molecule has 6 nitrogen and oxygen atoms in total. The third kappa shape index (κ3) is 3.62. The molecule has 142 valence electrons. The topological polar surface area (TPSA) is 78.9 Å². The van der Waals surface area contributed by atoms with E-state index in [1.165, 1.54) is 0 Å². The van der Waals surface area contributed by atoms with Crippen LogP contribution in [0.1, 0.15) is 49.0 Å². The maximum Gasteiger partial charge on any atom is 0.254 e. The number of nitrogens with one attached hydrogen (secondary N) is 1. The van der Waals surface area contributed by atoms with Crippen LogP contribution in [0.4, 0.5) is 0 Å². The van der Waals surface area contributed by atoms with E-state index in [0.29, 0.717) is 32.6 Å². The first-order chi connectivity index (χ1) is 12.5. The van der Waals surface area contributed by atoms with Crippen LogP contribution in [0.25, 0.3) is 0 Å². The molecule has 1 aromatic carbocycles. The minimum atomic E-state index is -0.532. The van der Waals surface area contributed by atoms with Crippen LogP contribution in [-0.2, 0) is 16.1 Å². The second kappa shape index (κ2) is 7.76. The molecule has 26 heavy (non-hydrogen) atoms. The number of hydrogen-bond acceptors (Lipinski definition) is 4. The van der Waals surface area contributed by atoms with E-state index in [1.54, 1.807) is 0 Å². The van der Waals surface area contributed by atoms with Gasteiger partial charge in [-0.25, -0.2) is 0 Å². The van der Waals surface area contributed by atoms with Crippen molar-refractivity contribution in [2.45, 2.75) is 51.2 Å². The molecule has 0 saturated carbocycles. The number of amides is 2. The van der Waals surface area contributed by atoms with Gasteiger partial charge >= 0.3 is 0 Å². The zero-order chi connectivity index (χ0) is 18.7. The van der Waals surface area contributed by atoms with Gasteiger partial charge in [0.2, 0.25) is 5.91 Å². The smallest absolute Gasteiger partial charge is 0.254 e. The average molecular weight is 360 g/mol. The molecule has 2 amide bonds. The van der Waals surface area contributed by atoms with Crippen LogP contribution in [0.5, 0.6) is 0 Å². The number of nitrogens with zero attached hydrogens (tertiary/aromatic N) is 1. The Kier molecular flexibility index (Phi) is 5.63. The lowest BCUT2D eigenvalue weighted by Gasteiger charge is -2.44. The van der Waals surface area contributed by atoms with Crippen molar-refractivity contribution in [2.24, 2.45) is 5.92 Å². The molecule has 2 heterocycles. The van der Waals surface area contributed by atoms with Gasteiger partial charge in [0, 0.05) is 25.3 Å². The summed E-state index contributed by atoms with van der Waals surface area (Å²) in [5.74, 6) is 0.0218. The van der Waals surface area contributed by atoms with Crippen molar-refractivity contribution in [1.29, 1.82) is 0 Å². The lowest BCUT2D eigenvalue weighted by Crippen LogP contribution is -2.55. The molecule has 6 heteroatoms. The Morgan fingerprint density at radius 2 is 2.00 bits per heavy atom. The molecular formula is C20H28N2O4. The van der Waals surface area contributed by atoms with E-state index < -0.39 is 5.54 Å². The summed E-state index contributed by atoms with van der Waals surface area (Å²) in [5, 5.41) is 12.4. The zero-order valence-corrected chi connectivity index (χ0v) is 15.5. The fourth-order valence-electron chi connectivity index (χ4n) is 3.91. The Balaban J connectivity index is 1.80. The minimum absolute atomic E-state index is 0.00197. The highest BCUT2D eigenvalue weighted by Crippen LogP contribution is 2.38. The monoisotopic (exact) mass is 360 g/mol. The second-order valence-corrected chi connectivity index (χ2v) is 7.66. The van der Waals surface area contributed by atoms with Crippen LogP contribution in [0.3, 0.4) is 0 Å². The number of carbonyl (C=O) groups is 2. The van der Waals surface area contributed by atoms with Gasteiger partial charge in [-0.05, 0) is 30.4 Å². The molecule has 0 aromatic heterocycles. The molecule has 0 unspecified atom stereocenters. The van der Waals surface area contributed by atoms with Gasteiger partial charge in [-0.15, -0.1) is 0 Å². The van der Waals surface area contributed by atoms with E-state index >= 15 is 0 Å². The Morgan fingerprint density at radius 1 is 1.31 bits per heavy atom. The van der Waals surface area contributed by atoms with E-state index in [9.17, 15) is 14.7 Å². The first-order valence-corrected chi connectivity index (χ1v) is 9.35. The molecule has 1 atom stereocenters. The Labute approximate surface area is 154 Å². The number of aliphatic hydroxyl groups is 1. The summed E-state index contributed by atoms with van der Waals surface area (Å²) in [6.45, 7) is 5.46. The first-order valence-electron chi connectivity index (χ1n) is 9.35. The van der Waals surface area contributed by atoms with Gasteiger partial charge in [-0.2, -0.15) is 0 Å². The minimum Gasteiger partial charge on any atom is -0.394 e. The fourth-order valence-corrected chi connectivity index (χ4v) is 3.91. The molecule has 0 bridgehead atoms. The van der Waals surface area contributed by atoms with E-state index in [2.05, 4.69) is 5.32 Å². The molecule has 1 saturated heterocycles. The van der Waals surface area contributed by atoms with Gasteiger partial charge < -0.3 is 20.1 Å². The van der Waals surface area contributed by atoms with Crippen LogP contribution < -0.4 is 5.32 Å². The summed E-state index contributed by atoms with van der Waals surface area (Å²) < 4.78 is 5.51. The Hall–Kier alpha value is -1.92. The molecule has 0 aliphatic carbocycles. The molecule has 0 radical (unpaired) electrons. The molecule has 1 fully saturated rings. The number of benzene rings is 1. The third-order valence-corrected chi connectivity index (χ3v) is 5.65. The summed E-state index contributed by atoms with van der Waals surface area (Å²) in [5.41, 5.74) is 1.21. The van der Waals surface area contributed by atoms with Crippen LogP contribution >= 0.6 is 0 Å². The van der Waals surface area contributed by atoms with Gasteiger partial charge in [0.05, 0.1) is 24.6 Å². The molecule has 2 aliphatic rings. The molecule has 3 rings (SSSR count). The first kappa shape index (κ1) is 18.9. The fraction of sp³-hybridized carbons (Fsp3) is 0.600. The predicted octanol–water partition coefficient (Wildman–Crippen LogP) is 1.71. The van der Waals surface area contributed by atoms with Gasteiger partial charge in [-0.3, -0.25) is 9.59 Å². The Morgan fingerprint density at radius 3 is 2.62 bits per heavy atom. The standard InChI is InChI=1S/C20H28N2O4/c1-14(2)17(13-23)21-18(24)11-20(7-9-26-10-8-20)22-12-15-5-3-4-6-16(15)19(22)25/h3-6,14,17,23H,7-13H2,1-2H3,(H,21,24)/t17-/m1/s1. The maximum absolute atomic E-state index is 13.0. The Bertz CT molecular complexity index is 668. The highest BCUT2D eigenvalue weighted by Gasteiger charge is 2.46. The van der Waals surface area contributed by atoms with E-state index in [1.807, 2.05) is 43.0 Å². The predicted molar refractivity (Wildman–Crippen MR) is 97.6 cm³/mol. The quantitative estimate of drug-likeness (QED) is 0.810. The van der Waals surface area contributed by atoms with Crippen molar-refractivity contribution in [3.05, 3.63) is 35.4 Å². The molecule has 0 spiro atoms. The van der Waals surface area contributed by atoms with Gasteiger partial charge in [0.25, 0.3) is 5.91 Å². The SMILES string of the molecule is CC(C)[C@@H](CO)NC(=O)CC1(N2Cc3ccccc3C2=O)CCOCC1. The summed E-state index contributed by atoms with van der Waals surface area (Å²) in [6, 6.07) is 7.36. The highest BCUT2D eigenvalue weighted by atomic mass is 16.5. The van der Waals surface area contributed by atoms with Crippen molar-refractivity contribution in [3.8, 4) is 0 Å². The van der Waals surface area contributed by atoms with Crippen LogP contribution in [0.15, 0.2) is 24.3 Å². The highest BCUT2D eigenvalue weighted by molar-refractivity contribution is 5.99. The number of carbonyl (C=O) groups excluding carboxylic acids is 2. The van der Waals surface area contributed by atoms with Gasteiger partial charge in [-0.1, -0.05) is 32.0 Å². The van der Waals surface area contributed by atoms with E-state index in [-0.39, 0.29) is 36.8 Å². The van der Waals surface area contributed by atoms with Crippen molar-refractivity contribution >= 4 is 11.8 Å². The molecular weight excluding hydrogens is 332 g/mol. The van der Waals surface area contributed by atoms with Gasteiger partial charge in [0.1, 0.15) is 0 Å². The third-order valence-electron chi connectivity index (χ3n) is 5.65. The molecule has 2 N–H and O–H groups in total. The molecule has 2 aliphatic heterocycles.